The van der Waals surface area contributed by atoms with Crippen LogP contribution >= 0.6 is 15.9 Å². The molecule has 0 spiro atoms. The first-order valence-electron chi connectivity index (χ1n) is 5.90. The second kappa shape index (κ2) is 7.74. The van der Waals surface area contributed by atoms with Crippen LogP contribution < -0.4 is 5.32 Å². The third kappa shape index (κ3) is 4.94. The second-order valence-electron chi connectivity index (χ2n) is 4.31. The molecule has 18 heavy (non-hydrogen) atoms. The summed E-state index contributed by atoms with van der Waals surface area (Å²) in [6.45, 7) is 3.47. The Balaban J connectivity index is 2.40. The highest BCUT2D eigenvalue weighted by Crippen LogP contribution is 2.26. The van der Waals surface area contributed by atoms with Crippen LogP contribution in [-0.2, 0) is 11.3 Å². The average Bonchev–Trinajstić information content (AvgIpc) is 2.31. The van der Waals surface area contributed by atoms with Crippen LogP contribution in [0.3, 0.4) is 0 Å². The van der Waals surface area contributed by atoms with Crippen molar-refractivity contribution in [2.45, 2.75) is 26.0 Å². The molecule has 0 aliphatic rings. The Morgan fingerprint density at radius 1 is 1.44 bits per heavy atom. The Morgan fingerprint density at radius 2 is 2.17 bits per heavy atom. The van der Waals surface area contributed by atoms with Gasteiger partial charge >= 0.3 is 0 Å². The van der Waals surface area contributed by atoms with E-state index in [0.29, 0.717) is 31.9 Å². The zero-order chi connectivity index (χ0) is 13.5. The highest BCUT2D eigenvalue weighted by Gasteiger charge is 2.07. The second-order valence-corrected chi connectivity index (χ2v) is 5.22. The molecule has 0 aromatic heterocycles. The Kier molecular flexibility index (Phi) is 6.63. The molecule has 1 atom stereocenters. The largest absolute Gasteiger partial charge is 0.507 e. The molecule has 0 fully saturated rings. The molecular weight excluding hydrogens is 298 g/mol. The Morgan fingerprint density at radius 3 is 2.83 bits per heavy atom. The molecule has 0 amide bonds. The maximum atomic E-state index is 9.88. The number of ether oxygens (including phenoxy) is 1. The molecule has 4 nitrogen and oxygen atoms in total. The number of benzene rings is 1. The molecular formula is C13H20BrNO3. The van der Waals surface area contributed by atoms with Gasteiger partial charge in [-0.05, 0) is 37.6 Å². The van der Waals surface area contributed by atoms with E-state index in [0.717, 1.165) is 15.6 Å². The van der Waals surface area contributed by atoms with Crippen molar-refractivity contribution in [2.75, 3.05) is 20.3 Å². The van der Waals surface area contributed by atoms with E-state index in [1.165, 1.54) is 0 Å². The predicted octanol–water partition coefficient (Wildman–Crippen LogP) is 1.95. The number of nitrogens with one attached hydrogen (secondary N) is 1. The molecule has 0 saturated heterocycles. The number of phenols is 1. The lowest BCUT2D eigenvalue weighted by molar-refractivity contribution is 0.0594. The van der Waals surface area contributed by atoms with Crippen molar-refractivity contribution < 1.29 is 14.9 Å². The molecule has 0 radical (unpaired) electrons. The fraction of sp³-hybridized carbons (Fsp3) is 0.538. The van der Waals surface area contributed by atoms with Gasteiger partial charge in [0.2, 0.25) is 0 Å². The summed E-state index contributed by atoms with van der Waals surface area (Å²) in [5, 5.41) is 22.5. The summed E-state index contributed by atoms with van der Waals surface area (Å²) >= 11 is 3.40. The monoisotopic (exact) mass is 317 g/mol. The van der Waals surface area contributed by atoms with Gasteiger partial charge in [0.1, 0.15) is 5.75 Å². The highest BCUT2D eigenvalue weighted by atomic mass is 79.9. The number of phenolic OH excluding ortho intramolecular Hbond substituents is 1. The number of hydrogen-bond acceptors (Lipinski definition) is 4. The van der Waals surface area contributed by atoms with Crippen molar-refractivity contribution in [2.24, 2.45) is 0 Å². The fourth-order valence-corrected chi connectivity index (χ4v) is 2.33. The Labute approximate surface area is 116 Å². The van der Waals surface area contributed by atoms with Crippen molar-refractivity contribution in [1.29, 1.82) is 0 Å². The van der Waals surface area contributed by atoms with E-state index in [9.17, 15) is 10.2 Å². The van der Waals surface area contributed by atoms with Gasteiger partial charge in [-0.25, -0.2) is 0 Å². The quantitative estimate of drug-likeness (QED) is 0.673. The minimum atomic E-state index is -0.444. The third-order valence-corrected chi connectivity index (χ3v) is 3.13. The molecule has 102 valence electrons. The summed E-state index contributed by atoms with van der Waals surface area (Å²) in [7, 11) is 1.57. The normalized spacial score (nSPS) is 12.7. The molecule has 1 aromatic carbocycles. The Hall–Kier alpha value is -0.620. The number of methoxy groups -OCH3 is 1. The van der Waals surface area contributed by atoms with Gasteiger partial charge in [-0.2, -0.15) is 0 Å². The minimum absolute atomic E-state index is 0.322. The van der Waals surface area contributed by atoms with Gasteiger partial charge in [-0.1, -0.05) is 15.9 Å². The van der Waals surface area contributed by atoms with Crippen LogP contribution in [0, 0.1) is 6.92 Å². The number of rotatable bonds is 7. The molecule has 0 saturated carbocycles. The van der Waals surface area contributed by atoms with Crippen molar-refractivity contribution in [3.05, 3.63) is 27.7 Å². The summed E-state index contributed by atoms with van der Waals surface area (Å²) in [4.78, 5) is 0. The van der Waals surface area contributed by atoms with Crippen molar-refractivity contribution in [3.8, 4) is 5.75 Å². The average molecular weight is 318 g/mol. The summed E-state index contributed by atoms with van der Waals surface area (Å²) in [5.41, 5.74) is 1.70. The lowest BCUT2D eigenvalue weighted by atomic mass is 10.1. The van der Waals surface area contributed by atoms with E-state index in [1.807, 2.05) is 19.1 Å². The first-order chi connectivity index (χ1) is 8.54. The van der Waals surface area contributed by atoms with E-state index in [2.05, 4.69) is 21.2 Å². The molecule has 1 unspecified atom stereocenters. The minimum Gasteiger partial charge on any atom is -0.507 e. The first-order valence-corrected chi connectivity index (χ1v) is 6.69. The smallest absolute Gasteiger partial charge is 0.123 e. The van der Waals surface area contributed by atoms with Crippen LogP contribution in [0.25, 0.3) is 0 Å². The van der Waals surface area contributed by atoms with Gasteiger partial charge in [-0.15, -0.1) is 0 Å². The number of halogens is 1. The zero-order valence-electron chi connectivity index (χ0n) is 10.7. The topological polar surface area (TPSA) is 61.7 Å². The van der Waals surface area contributed by atoms with Gasteiger partial charge in [-0.3, -0.25) is 0 Å². The number of aromatic hydroxyl groups is 1. The molecule has 1 aromatic rings. The maximum Gasteiger partial charge on any atom is 0.123 e. The molecule has 0 aliphatic carbocycles. The highest BCUT2D eigenvalue weighted by molar-refractivity contribution is 9.10. The van der Waals surface area contributed by atoms with Gasteiger partial charge in [0, 0.05) is 23.7 Å². The van der Waals surface area contributed by atoms with Crippen LogP contribution in [-0.4, -0.2) is 36.6 Å². The lowest BCUT2D eigenvalue weighted by Crippen LogP contribution is -2.23. The van der Waals surface area contributed by atoms with Gasteiger partial charge < -0.3 is 20.3 Å². The summed E-state index contributed by atoms with van der Waals surface area (Å²) in [5.74, 6) is 0.322. The fourth-order valence-electron chi connectivity index (χ4n) is 1.71. The first kappa shape index (κ1) is 15.4. The van der Waals surface area contributed by atoms with Crippen LogP contribution in [0.15, 0.2) is 16.6 Å². The van der Waals surface area contributed by atoms with Gasteiger partial charge in [0.25, 0.3) is 0 Å². The van der Waals surface area contributed by atoms with Crippen LogP contribution in [0.2, 0.25) is 0 Å². The zero-order valence-corrected chi connectivity index (χ0v) is 12.3. The van der Waals surface area contributed by atoms with E-state index >= 15 is 0 Å². The molecule has 0 aliphatic heterocycles. The number of aliphatic hydroxyl groups is 1. The van der Waals surface area contributed by atoms with Gasteiger partial charge in [0.15, 0.2) is 0 Å². The molecule has 0 heterocycles. The van der Waals surface area contributed by atoms with Crippen molar-refractivity contribution in [1.82, 2.24) is 5.32 Å². The van der Waals surface area contributed by atoms with Crippen molar-refractivity contribution in [3.63, 3.8) is 0 Å². The SMILES string of the molecule is COCC(O)CCNCc1cc(Br)cc(C)c1O. The summed E-state index contributed by atoms with van der Waals surface area (Å²) < 4.78 is 5.80. The standard InChI is InChI=1S/C13H20BrNO3/c1-9-5-11(14)6-10(13(9)17)7-15-4-3-12(16)8-18-2/h5-6,12,15-17H,3-4,7-8H2,1-2H3. The summed E-state index contributed by atoms with van der Waals surface area (Å²) in [6.07, 6.45) is 0.182. The Bertz CT molecular complexity index is 385. The van der Waals surface area contributed by atoms with Crippen molar-refractivity contribution >= 4 is 15.9 Å². The predicted molar refractivity (Wildman–Crippen MR) is 74.8 cm³/mol. The molecule has 1 rings (SSSR count). The maximum absolute atomic E-state index is 9.88. The lowest BCUT2D eigenvalue weighted by Gasteiger charge is -2.12. The van der Waals surface area contributed by atoms with Crippen LogP contribution in [0.5, 0.6) is 5.75 Å². The van der Waals surface area contributed by atoms with E-state index in [-0.39, 0.29) is 0 Å². The van der Waals surface area contributed by atoms with Crippen LogP contribution in [0.1, 0.15) is 17.5 Å². The van der Waals surface area contributed by atoms with Gasteiger partial charge in [0.05, 0.1) is 12.7 Å². The van der Waals surface area contributed by atoms with Crippen LogP contribution in [0.4, 0.5) is 0 Å². The van der Waals surface area contributed by atoms with E-state index < -0.39 is 6.10 Å². The number of aliphatic hydroxyl groups excluding tert-OH is 1. The third-order valence-electron chi connectivity index (χ3n) is 2.67. The van der Waals surface area contributed by atoms with E-state index in [4.69, 9.17) is 4.74 Å². The van der Waals surface area contributed by atoms with E-state index in [1.54, 1.807) is 7.11 Å². The number of hydrogen-bond donors (Lipinski definition) is 3. The molecule has 0 bridgehead atoms. The number of aryl methyl sites for hydroxylation is 1. The molecule has 3 N–H and O–H groups in total. The summed E-state index contributed by atoms with van der Waals surface area (Å²) in [6, 6.07) is 3.77. The molecule has 5 heteroatoms.